The lowest BCUT2D eigenvalue weighted by molar-refractivity contribution is 0.166. The van der Waals surface area contributed by atoms with Gasteiger partial charge in [0.15, 0.2) is 0 Å². The lowest BCUT2D eigenvalue weighted by Gasteiger charge is -2.15. The predicted molar refractivity (Wildman–Crippen MR) is 80.1 cm³/mol. The summed E-state index contributed by atoms with van der Waals surface area (Å²) in [5.41, 5.74) is 1.63. The number of hydrogen-bond donors (Lipinski definition) is 1. The van der Waals surface area contributed by atoms with Crippen LogP contribution >= 0.6 is 15.9 Å². The third-order valence-corrected chi connectivity index (χ3v) is 3.80. The summed E-state index contributed by atoms with van der Waals surface area (Å²) in [6.07, 6.45) is 0.0866. The van der Waals surface area contributed by atoms with Gasteiger partial charge in [0.2, 0.25) is 0 Å². The van der Waals surface area contributed by atoms with Crippen LogP contribution in [0.1, 0.15) is 30.6 Å². The highest BCUT2D eigenvalue weighted by Crippen LogP contribution is 2.28. The highest BCUT2D eigenvalue weighted by Gasteiger charge is 2.11. The Morgan fingerprint density at radius 1 is 1.25 bits per heavy atom. The van der Waals surface area contributed by atoms with E-state index in [0.29, 0.717) is 23.2 Å². The van der Waals surface area contributed by atoms with Gasteiger partial charge in [0.25, 0.3) is 0 Å². The van der Waals surface area contributed by atoms with Crippen molar-refractivity contribution in [3.8, 4) is 5.75 Å². The van der Waals surface area contributed by atoms with Crippen molar-refractivity contribution in [1.29, 1.82) is 0 Å². The number of rotatable bonds is 5. The zero-order valence-electron chi connectivity index (χ0n) is 11.1. The molecule has 2 aromatic rings. The van der Waals surface area contributed by atoms with Crippen molar-refractivity contribution in [3.05, 3.63) is 63.9 Å². The minimum Gasteiger partial charge on any atom is -0.488 e. The first kappa shape index (κ1) is 15.0. The first-order valence-electron chi connectivity index (χ1n) is 6.45. The van der Waals surface area contributed by atoms with Gasteiger partial charge >= 0.3 is 0 Å². The van der Waals surface area contributed by atoms with Gasteiger partial charge in [-0.15, -0.1) is 0 Å². The molecule has 20 heavy (non-hydrogen) atoms. The van der Waals surface area contributed by atoms with Gasteiger partial charge in [0.1, 0.15) is 18.2 Å². The van der Waals surface area contributed by atoms with Crippen molar-refractivity contribution in [2.24, 2.45) is 0 Å². The summed E-state index contributed by atoms with van der Waals surface area (Å²) < 4.78 is 19.4. The van der Waals surface area contributed by atoms with Gasteiger partial charge < -0.3 is 9.84 Å². The number of benzene rings is 2. The fraction of sp³-hybridized carbons (Fsp3) is 0.250. The van der Waals surface area contributed by atoms with Crippen LogP contribution in [0.4, 0.5) is 4.39 Å². The summed E-state index contributed by atoms with van der Waals surface area (Å²) in [5.74, 6) is 0.362. The molecule has 0 unspecified atom stereocenters. The smallest absolute Gasteiger partial charge is 0.125 e. The monoisotopic (exact) mass is 338 g/mol. The van der Waals surface area contributed by atoms with Crippen LogP contribution in [-0.4, -0.2) is 5.11 Å². The molecule has 0 bridgehead atoms. The number of hydrogen-bond acceptors (Lipinski definition) is 2. The molecule has 0 fully saturated rings. The standard InChI is InChI=1S/C16H16BrFO2/c1-2-15(19)13-5-3-4-6-16(13)20-10-11-7-8-12(18)9-14(11)17/h3-9,15,19H,2,10H2,1H3/t15-/m1/s1. The van der Waals surface area contributed by atoms with Crippen LogP contribution in [-0.2, 0) is 6.61 Å². The van der Waals surface area contributed by atoms with Gasteiger partial charge in [-0.3, -0.25) is 0 Å². The normalized spacial score (nSPS) is 12.2. The molecule has 2 rings (SSSR count). The SMILES string of the molecule is CC[C@@H](O)c1ccccc1OCc1ccc(F)cc1Br. The van der Waals surface area contributed by atoms with Crippen LogP contribution < -0.4 is 4.74 Å². The molecule has 0 spiro atoms. The molecule has 4 heteroatoms. The van der Waals surface area contributed by atoms with E-state index in [1.165, 1.54) is 12.1 Å². The van der Waals surface area contributed by atoms with E-state index in [2.05, 4.69) is 15.9 Å². The molecule has 0 radical (unpaired) electrons. The minimum atomic E-state index is -0.539. The molecule has 0 aliphatic rings. The van der Waals surface area contributed by atoms with E-state index in [0.717, 1.165) is 11.1 Å². The van der Waals surface area contributed by atoms with E-state index < -0.39 is 6.10 Å². The van der Waals surface area contributed by atoms with Crippen molar-refractivity contribution in [2.75, 3.05) is 0 Å². The zero-order valence-corrected chi connectivity index (χ0v) is 12.7. The summed E-state index contributed by atoms with van der Waals surface area (Å²) in [7, 11) is 0. The van der Waals surface area contributed by atoms with E-state index >= 15 is 0 Å². The first-order valence-corrected chi connectivity index (χ1v) is 7.24. The Hall–Kier alpha value is -1.39. The van der Waals surface area contributed by atoms with E-state index in [-0.39, 0.29) is 5.82 Å². The van der Waals surface area contributed by atoms with Crippen LogP contribution in [0.2, 0.25) is 0 Å². The highest BCUT2D eigenvalue weighted by molar-refractivity contribution is 9.10. The number of aliphatic hydroxyl groups excluding tert-OH is 1. The summed E-state index contributed by atoms with van der Waals surface area (Å²) in [6.45, 7) is 2.23. The van der Waals surface area contributed by atoms with Crippen LogP contribution in [0.25, 0.3) is 0 Å². The molecular weight excluding hydrogens is 323 g/mol. The quantitative estimate of drug-likeness (QED) is 0.862. The van der Waals surface area contributed by atoms with Crippen molar-refractivity contribution < 1.29 is 14.2 Å². The highest BCUT2D eigenvalue weighted by atomic mass is 79.9. The molecule has 0 amide bonds. The second-order valence-corrected chi connectivity index (χ2v) is 5.34. The lowest BCUT2D eigenvalue weighted by Crippen LogP contribution is -2.03. The number of aliphatic hydroxyl groups is 1. The van der Waals surface area contributed by atoms with Gasteiger partial charge in [0, 0.05) is 15.6 Å². The Bertz CT molecular complexity index is 586. The van der Waals surface area contributed by atoms with Gasteiger partial charge in [0.05, 0.1) is 6.10 Å². The van der Waals surface area contributed by atoms with Crippen LogP contribution in [0.5, 0.6) is 5.75 Å². The number of ether oxygens (including phenoxy) is 1. The Balaban J connectivity index is 2.15. The summed E-state index contributed by atoms with van der Waals surface area (Å²) in [5, 5.41) is 9.96. The van der Waals surface area contributed by atoms with Gasteiger partial charge in [-0.2, -0.15) is 0 Å². The fourth-order valence-corrected chi connectivity index (χ4v) is 2.37. The van der Waals surface area contributed by atoms with Crippen LogP contribution in [0.15, 0.2) is 46.9 Å². The minimum absolute atomic E-state index is 0.289. The molecule has 0 saturated heterocycles. The fourth-order valence-electron chi connectivity index (χ4n) is 1.90. The molecule has 1 N–H and O–H groups in total. The van der Waals surface area contributed by atoms with E-state index in [4.69, 9.17) is 4.74 Å². The van der Waals surface area contributed by atoms with E-state index in [1.807, 2.05) is 31.2 Å². The second-order valence-electron chi connectivity index (χ2n) is 4.49. The van der Waals surface area contributed by atoms with Crippen LogP contribution in [0, 0.1) is 5.82 Å². The maximum atomic E-state index is 13.0. The molecule has 1 atom stereocenters. The second kappa shape index (κ2) is 6.86. The van der Waals surface area contributed by atoms with Gasteiger partial charge in [-0.05, 0) is 24.6 Å². The zero-order chi connectivity index (χ0) is 14.5. The summed E-state index contributed by atoms with van der Waals surface area (Å²) >= 11 is 3.31. The Kier molecular flexibility index (Phi) is 5.15. The first-order chi connectivity index (χ1) is 9.61. The Labute approximate surface area is 126 Å². The summed E-state index contributed by atoms with van der Waals surface area (Å²) in [4.78, 5) is 0. The topological polar surface area (TPSA) is 29.5 Å². The molecular formula is C16H16BrFO2. The predicted octanol–water partition coefficient (Wildman–Crippen LogP) is 4.61. The van der Waals surface area contributed by atoms with Gasteiger partial charge in [-0.25, -0.2) is 4.39 Å². The number of para-hydroxylation sites is 1. The Morgan fingerprint density at radius 3 is 2.70 bits per heavy atom. The number of halogens is 2. The molecule has 0 saturated carbocycles. The maximum absolute atomic E-state index is 13.0. The van der Waals surface area contributed by atoms with Crippen molar-refractivity contribution >= 4 is 15.9 Å². The molecule has 0 aliphatic heterocycles. The maximum Gasteiger partial charge on any atom is 0.125 e. The summed E-state index contributed by atoms with van der Waals surface area (Å²) in [6, 6.07) is 11.9. The van der Waals surface area contributed by atoms with E-state index in [1.54, 1.807) is 6.07 Å². The lowest BCUT2D eigenvalue weighted by atomic mass is 10.1. The van der Waals surface area contributed by atoms with Crippen molar-refractivity contribution in [2.45, 2.75) is 26.1 Å². The Morgan fingerprint density at radius 2 is 2.00 bits per heavy atom. The third kappa shape index (κ3) is 3.58. The average Bonchev–Trinajstić information content (AvgIpc) is 2.46. The third-order valence-electron chi connectivity index (χ3n) is 3.06. The molecule has 0 aliphatic carbocycles. The van der Waals surface area contributed by atoms with Crippen molar-refractivity contribution in [3.63, 3.8) is 0 Å². The van der Waals surface area contributed by atoms with Gasteiger partial charge in [-0.1, -0.05) is 47.1 Å². The van der Waals surface area contributed by atoms with Crippen LogP contribution in [0.3, 0.4) is 0 Å². The molecule has 0 aromatic heterocycles. The molecule has 2 nitrogen and oxygen atoms in total. The van der Waals surface area contributed by atoms with Crippen molar-refractivity contribution in [1.82, 2.24) is 0 Å². The molecule has 2 aromatic carbocycles. The molecule has 106 valence electrons. The van der Waals surface area contributed by atoms with E-state index in [9.17, 15) is 9.50 Å². The average molecular weight is 339 g/mol. The molecule has 0 heterocycles. The largest absolute Gasteiger partial charge is 0.488 e.